The van der Waals surface area contributed by atoms with Crippen LogP contribution < -0.4 is 5.73 Å². The van der Waals surface area contributed by atoms with Crippen LogP contribution in [0.15, 0.2) is 24.3 Å². The van der Waals surface area contributed by atoms with Crippen molar-refractivity contribution in [3.8, 4) is 0 Å². The SMILES string of the molecule is N[C@@H]1CCN(S(=O)(=O)Cc2ccccc2[N+](=O)[O-])C1. The molecule has 1 atom stereocenters. The predicted molar refractivity (Wildman–Crippen MR) is 69.9 cm³/mol. The quantitative estimate of drug-likeness (QED) is 0.638. The maximum atomic E-state index is 12.2. The highest BCUT2D eigenvalue weighted by Gasteiger charge is 2.31. The molecule has 1 aromatic rings. The second kappa shape index (κ2) is 5.24. The summed E-state index contributed by atoms with van der Waals surface area (Å²) in [7, 11) is -3.55. The highest BCUT2D eigenvalue weighted by atomic mass is 32.2. The normalized spacial score (nSPS) is 20.6. The van der Waals surface area contributed by atoms with E-state index in [1.54, 1.807) is 6.07 Å². The maximum absolute atomic E-state index is 12.2. The number of para-hydroxylation sites is 1. The molecule has 1 fully saturated rings. The summed E-state index contributed by atoms with van der Waals surface area (Å²) >= 11 is 0. The molecule has 0 spiro atoms. The Morgan fingerprint density at radius 2 is 2.11 bits per heavy atom. The minimum absolute atomic E-state index is 0.152. The number of benzene rings is 1. The van der Waals surface area contributed by atoms with Crippen LogP contribution in [0.25, 0.3) is 0 Å². The van der Waals surface area contributed by atoms with Gasteiger partial charge in [0.2, 0.25) is 10.0 Å². The van der Waals surface area contributed by atoms with E-state index < -0.39 is 14.9 Å². The number of nitro benzene ring substituents is 1. The molecule has 2 rings (SSSR count). The summed E-state index contributed by atoms with van der Waals surface area (Å²) in [6.45, 7) is 0.660. The average molecular weight is 285 g/mol. The number of hydrogen-bond donors (Lipinski definition) is 1. The highest BCUT2D eigenvalue weighted by Crippen LogP contribution is 2.23. The third-order valence-corrected chi connectivity index (χ3v) is 4.90. The molecule has 8 heteroatoms. The second-order valence-electron chi connectivity index (χ2n) is 4.55. The van der Waals surface area contributed by atoms with E-state index in [0.29, 0.717) is 13.0 Å². The topological polar surface area (TPSA) is 107 Å². The van der Waals surface area contributed by atoms with E-state index in [9.17, 15) is 18.5 Å². The summed E-state index contributed by atoms with van der Waals surface area (Å²) in [6.07, 6.45) is 0.621. The zero-order valence-electron chi connectivity index (χ0n) is 10.2. The molecule has 7 nitrogen and oxygen atoms in total. The molecule has 0 bridgehead atoms. The third-order valence-electron chi connectivity index (χ3n) is 3.11. The predicted octanol–water partition coefficient (Wildman–Crippen LogP) is 0.458. The first-order chi connectivity index (χ1) is 8.90. The van der Waals surface area contributed by atoms with Crippen molar-refractivity contribution >= 4 is 15.7 Å². The summed E-state index contributed by atoms with van der Waals surface area (Å²) in [5, 5.41) is 10.9. The van der Waals surface area contributed by atoms with Crippen LogP contribution >= 0.6 is 0 Å². The van der Waals surface area contributed by atoms with Gasteiger partial charge in [-0.25, -0.2) is 12.7 Å². The average Bonchev–Trinajstić information content (AvgIpc) is 2.76. The van der Waals surface area contributed by atoms with E-state index in [-0.39, 0.29) is 29.6 Å². The Bertz CT molecular complexity index is 587. The lowest BCUT2D eigenvalue weighted by Crippen LogP contribution is -2.32. The first kappa shape index (κ1) is 13.9. The third kappa shape index (κ3) is 3.09. The molecule has 2 N–H and O–H groups in total. The summed E-state index contributed by atoms with van der Waals surface area (Å²) in [6, 6.07) is 5.72. The van der Waals surface area contributed by atoms with Gasteiger partial charge >= 0.3 is 0 Å². The Morgan fingerprint density at radius 1 is 1.42 bits per heavy atom. The molecular formula is C11H15N3O4S. The van der Waals surface area contributed by atoms with Gasteiger partial charge in [-0.2, -0.15) is 0 Å². The van der Waals surface area contributed by atoms with Gasteiger partial charge in [-0.1, -0.05) is 18.2 Å². The Kier molecular flexibility index (Phi) is 3.83. The van der Waals surface area contributed by atoms with Gasteiger partial charge in [0, 0.05) is 30.8 Å². The maximum Gasteiger partial charge on any atom is 0.273 e. The van der Waals surface area contributed by atoms with Crippen molar-refractivity contribution in [3.05, 3.63) is 39.9 Å². The summed E-state index contributed by atoms with van der Waals surface area (Å²) < 4.78 is 25.6. The molecule has 1 saturated heterocycles. The standard InChI is InChI=1S/C11H15N3O4S/c12-10-5-6-13(7-10)19(17,18)8-9-3-1-2-4-11(9)14(15)16/h1-4,10H,5-8,12H2/t10-/m1/s1. The second-order valence-corrected chi connectivity index (χ2v) is 6.52. The molecule has 0 saturated carbocycles. The van der Waals surface area contributed by atoms with Crippen molar-refractivity contribution in [1.29, 1.82) is 0 Å². The molecular weight excluding hydrogens is 270 g/mol. The zero-order chi connectivity index (χ0) is 14.0. The van der Waals surface area contributed by atoms with Crippen molar-refractivity contribution in [3.63, 3.8) is 0 Å². The van der Waals surface area contributed by atoms with Gasteiger partial charge < -0.3 is 5.73 Å². The van der Waals surface area contributed by atoms with E-state index in [2.05, 4.69) is 0 Å². The molecule has 104 valence electrons. The largest absolute Gasteiger partial charge is 0.326 e. The van der Waals surface area contributed by atoms with Crippen molar-refractivity contribution in [2.24, 2.45) is 5.73 Å². The van der Waals surface area contributed by atoms with Crippen LogP contribution in [-0.4, -0.2) is 36.8 Å². The monoisotopic (exact) mass is 285 g/mol. The van der Waals surface area contributed by atoms with Gasteiger partial charge in [0.15, 0.2) is 0 Å². The fraction of sp³-hybridized carbons (Fsp3) is 0.455. The highest BCUT2D eigenvalue weighted by molar-refractivity contribution is 7.88. The summed E-state index contributed by atoms with van der Waals surface area (Å²) in [5.41, 5.74) is 5.71. The minimum atomic E-state index is -3.55. The number of hydrogen-bond acceptors (Lipinski definition) is 5. The number of nitro groups is 1. The number of rotatable bonds is 4. The van der Waals surface area contributed by atoms with Gasteiger partial charge in [0.05, 0.1) is 10.7 Å². The van der Waals surface area contributed by atoms with Gasteiger partial charge in [0.25, 0.3) is 5.69 Å². The Balaban J connectivity index is 2.23. The minimum Gasteiger partial charge on any atom is -0.326 e. The van der Waals surface area contributed by atoms with Gasteiger partial charge in [-0.3, -0.25) is 10.1 Å². The van der Waals surface area contributed by atoms with E-state index in [0.717, 1.165) is 0 Å². The summed E-state index contributed by atoms with van der Waals surface area (Å²) in [5.74, 6) is -0.364. The Labute approximate surface area is 111 Å². The van der Waals surface area contributed by atoms with Crippen molar-refractivity contribution in [2.75, 3.05) is 13.1 Å². The number of nitrogens with two attached hydrogens (primary N) is 1. The fourth-order valence-corrected chi connectivity index (χ4v) is 3.73. The van der Waals surface area contributed by atoms with Crippen molar-refractivity contribution in [2.45, 2.75) is 18.2 Å². The van der Waals surface area contributed by atoms with E-state index >= 15 is 0 Å². The lowest BCUT2D eigenvalue weighted by Gasteiger charge is -2.15. The first-order valence-corrected chi connectivity index (χ1v) is 7.47. The molecule has 0 aromatic heterocycles. The molecule has 1 heterocycles. The van der Waals surface area contributed by atoms with Gasteiger partial charge in [0.1, 0.15) is 0 Å². The molecule has 1 aromatic carbocycles. The van der Waals surface area contributed by atoms with Crippen LogP contribution in [0.4, 0.5) is 5.69 Å². The molecule has 0 unspecified atom stereocenters. The van der Waals surface area contributed by atoms with Crippen LogP contribution in [0.5, 0.6) is 0 Å². The fourth-order valence-electron chi connectivity index (χ4n) is 2.11. The van der Waals surface area contributed by atoms with Crippen LogP contribution in [-0.2, 0) is 15.8 Å². The molecule has 0 amide bonds. The van der Waals surface area contributed by atoms with Crippen molar-refractivity contribution < 1.29 is 13.3 Å². The molecule has 1 aliphatic rings. The smallest absolute Gasteiger partial charge is 0.273 e. The first-order valence-electron chi connectivity index (χ1n) is 5.86. The van der Waals surface area contributed by atoms with Crippen LogP contribution in [0.2, 0.25) is 0 Å². The van der Waals surface area contributed by atoms with Crippen LogP contribution in [0.1, 0.15) is 12.0 Å². The molecule has 19 heavy (non-hydrogen) atoms. The lowest BCUT2D eigenvalue weighted by molar-refractivity contribution is -0.385. The number of nitrogens with zero attached hydrogens (tertiary/aromatic N) is 2. The van der Waals surface area contributed by atoms with E-state index in [1.807, 2.05) is 0 Å². The van der Waals surface area contributed by atoms with E-state index in [4.69, 9.17) is 5.73 Å². The molecule has 0 radical (unpaired) electrons. The van der Waals surface area contributed by atoms with Crippen LogP contribution in [0, 0.1) is 10.1 Å². The molecule has 0 aliphatic carbocycles. The van der Waals surface area contributed by atoms with Crippen molar-refractivity contribution in [1.82, 2.24) is 4.31 Å². The Hall–Kier alpha value is -1.51. The number of sulfonamides is 1. The Morgan fingerprint density at radius 3 is 2.68 bits per heavy atom. The van der Waals surface area contributed by atoms with Gasteiger partial charge in [-0.05, 0) is 6.42 Å². The van der Waals surface area contributed by atoms with Gasteiger partial charge in [-0.15, -0.1) is 0 Å². The zero-order valence-corrected chi connectivity index (χ0v) is 11.0. The van der Waals surface area contributed by atoms with Crippen LogP contribution in [0.3, 0.4) is 0 Å². The lowest BCUT2D eigenvalue weighted by atomic mass is 10.2. The summed E-state index contributed by atoms with van der Waals surface area (Å²) in [4.78, 5) is 10.3. The molecule has 1 aliphatic heterocycles. The van der Waals surface area contributed by atoms with E-state index in [1.165, 1.54) is 22.5 Å².